The molecule has 0 saturated carbocycles. The third kappa shape index (κ3) is 3.37. The van der Waals surface area contributed by atoms with Crippen LogP contribution in [0.4, 0.5) is 0 Å². The van der Waals surface area contributed by atoms with Crippen molar-refractivity contribution in [3.63, 3.8) is 0 Å². The Kier molecular flexibility index (Phi) is 4.63. The van der Waals surface area contributed by atoms with Crippen LogP contribution in [0.1, 0.15) is 42.5 Å². The normalized spacial score (nSPS) is 19.4. The van der Waals surface area contributed by atoms with Crippen molar-refractivity contribution in [2.45, 2.75) is 38.1 Å². The number of hydrogen-bond donors (Lipinski definition) is 1. The Morgan fingerprint density at radius 1 is 1.47 bits per heavy atom. The summed E-state index contributed by atoms with van der Waals surface area (Å²) in [5.41, 5.74) is 0.502. The number of hydrogen-bond acceptors (Lipinski definition) is 3. The molecule has 1 aliphatic rings. The van der Waals surface area contributed by atoms with Crippen LogP contribution in [0.5, 0.6) is 0 Å². The van der Waals surface area contributed by atoms with Gasteiger partial charge in [-0.25, -0.2) is 0 Å². The van der Waals surface area contributed by atoms with E-state index in [1.807, 2.05) is 0 Å². The number of aliphatic carboxylic acids is 1. The lowest BCUT2D eigenvalue weighted by atomic mass is 9.97. The standard InChI is InChI=1S/C13H16BrNO4/c14-12-10(6-8-19-12)13(18)15-7-2-1-3-9(15)4-5-11(16)17/h6,8-9H,1-5,7H2,(H,16,17). The Hall–Kier alpha value is -1.30. The molecule has 1 unspecified atom stereocenters. The lowest BCUT2D eigenvalue weighted by Gasteiger charge is -2.35. The van der Waals surface area contributed by atoms with Crippen LogP contribution in [0.3, 0.4) is 0 Å². The van der Waals surface area contributed by atoms with Crippen LogP contribution in [0, 0.1) is 0 Å². The minimum absolute atomic E-state index is 0.0131. The fourth-order valence-corrected chi connectivity index (χ4v) is 2.87. The maximum atomic E-state index is 12.4. The predicted octanol–water partition coefficient (Wildman–Crippen LogP) is 2.90. The van der Waals surface area contributed by atoms with Crippen molar-refractivity contribution in [3.05, 3.63) is 22.6 Å². The summed E-state index contributed by atoms with van der Waals surface area (Å²) in [5, 5.41) is 8.77. The molecule has 1 N–H and O–H groups in total. The van der Waals surface area contributed by atoms with Gasteiger partial charge in [0.1, 0.15) is 0 Å². The second kappa shape index (κ2) is 6.23. The Morgan fingerprint density at radius 2 is 2.26 bits per heavy atom. The molecule has 1 amide bonds. The minimum atomic E-state index is -0.817. The van der Waals surface area contributed by atoms with Gasteiger partial charge in [0.15, 0.2) is 4.67 Å². The van der Waals surface area contributed by atoms with E-state index < -0.39 is 5.97 Å². The summed E-state index contributed by atoms with van der Waals surface area (Å²) in [7, 11) is 0. The average Bonchev–Trinajstić information content (AvgIpc) is 2.82. The highest BCUT2D eigenvalue weighted by atomic mass is 79.9. The van der Waals surface area contributed by atoms with E-state index in [1.54, 1.807) is 11.0 Å². The number of halogens is 1. The van der Waals surface area contributed by atoms with Gasteiger partial charge in [-0.15, -0.1) is 0 Å². The van der Waals surface area contributed by atoms with Crippen LogP contribution >= 0.6 is 15.9 Å². The van der Waals surface area contributed by atoms with Crippen molar-refractivity contribution in [3.8, 4) is 0 Å². The van der Waals surface area contributed by atoms with E-state index in [9.17, 15) is 9.59 Å². The molecule has 0 aliphatic carbocycles. The molecule has 0 aromatic carbocycles. The van der Waals surface area contributed by atoms with Gasteiger partial charge in [-0.2, -0.15) is 0 Å². The van der Waals surface area contributed by atoms with Gasteiger partial charge in [-0.3, -0.25) is 9.59 Å². The van der Waals surface area contributed by atoms with Crippen molar-refractivity contribution >= 4 is 27.8 Å². The van der Waals surface area contributed by atoms with Crippen LogP contribution in [-0.4, -0.2) is 34.5 Å². The van der Waals surface area contributed by atoms with E-state index in [0.29, 0.717) is 23.2 Å². The van der Waals surface area contributed by atoms with E-state index in [1.165, 1.54) is 6.26 Å². The van der Waals surface area contributed by atoms with Crippen LogP contribution in [-0.2, 0) is 4.79 Å². The lowest BCUT2D eigenvalue weighted by Crippen LogP contribution is -2.43. The molecule has 6 heteroatoms. The first-order valence-corrected chi connectivity index (χ1v) is 7.14. The van der Waals surface area contributed by atoms with Crippen LogP contribution in [0.25, 0.3) is 0 Å². The highest BCUT2D eigenvalue weighted by Gasteiger charge is 2.29. The van der Waals surface area contributed by atoms with Crippen molar-refractivity contribution in [2.75, 3.05) is 6.54 Å². The van der Waals surface area contributed by atoms with Gasteiger partial charge in [0.25, 0.3) is 5.91 Å². The van der Waals surface area contributed by atoms with Gasteiger partial charge < -0.3 is 14.4 Å². The van der Waals surface area contributed by atoms with Gasteiger partial charge in [-0.05, 0) is 47.7 Å². The lowest BCUT2D eigenvalue weighted by molar-refractivity contribution is -0.137. The zero-order chi connectivity index (χ0) is 13.8. The van der Waals surface area contributed by atoms with E-state index in [0.717, 1.165) is 19.3 Å². The molecule has 0 radical (unpaired) electrons. The predicted molar refractivity (Wildman–Crippen MR) is 72.0 cm³/mol. The molecule has 0 bridgehead atoms. The van der Waals surface area contributed by atoms with Crippen molar-refractivity contribution in [2.24, 2.45) is 0 Å². The number of furan rings is 1. The molecule has 1 fully saturated rings. The van der Waals surface area contributed by atoms with Gasteiger partial charge in [-0.1, -0.05) is 0 Å². The third-order valence-electron chi connectivity index (χ3n) is 3.43. The molecule has 1 saturated heterocycles. The molecule has 2 heterocycles. The van der Waals surface area contributed by atoms with Crippen LogP contribution in [0.15, 0.2) is 21.4 Å². The number of amides is 1. The van der Waals surface area contributed by atoms with Gasteiger partial charge in [0.05, 0.1) is 11.8 Å². The zero-order valence-electron chi connectivity index (χ0n) is 10.5. The maximum absolute atomic E-state index is 12.4. The molecule has 0 spiro atoms. The summed E-state index contributed by atoms with van der Waals surface area (Å²) < 4.78 is 5.52. The number of nitrogens with zero attached hydrogens (tertiary/aromatic N) is 1. The van der Waals surface area contributed by atoms with Crippen molar-refractivity contribution < 1.29 is 19.1 Å². The summed E-state index contributed by atoms with van der Waals surface area (Å²) in [6.07, 6.45) is 4.95. The van der Waals surface area contributed by atoms with E-state index >= 15 is 0 Å². The Balaban J connectivity index is 2.08. The number of likely N-dealkylation sites (tertiary alicyclic amines) is 1. The maximum Gasteiger partial charge on any atom is 0.303 e. The average molecular weight is 330 g/mol. The second-order valence-corrected chi connectivity index (χ2v) is 5.41. The molecular formula is C13H16BrNO4. The first-order chi connectivity index (χ1) is 9.09. The fraction of sp³-hybridized carbons (Fsp3) is 0.538. The van der Waals surface area contributed by atoms with E-state index in [4.69, 9.17) is 9.52 Å². The Bertz CT molecular complexity index is 471. The molecule has 1 aliphatic heterocycles. The SMILES string of the molecule is O=C(O)CCC1CCCCN1C(=O)c1ccoc1Br. The summed E-state index contributed by atoms with van der Waals surface area (Å²) in [6.45, 7) is 0.681. The van der Waals surface area contributed by atoms with Crippen molar-refractivity contribution in [1.82, 2.24) is 4.90 Å². The largest absolute Gasteiger partial charge is 0.481 e. The molecule has 104 valence electrons. The molecule has 1 aromatic rings. The quantitative estimate of drug-likeness (QED) is 0.921. The Morgan fingerprint density at radius 3 is 2.89 bits per heavy atom. The molecule has 1 aromatic heterocycles. The highest BCUT2D eigenvalue weighted by molar-refractivity contribution is 9.10. The van der Waals surface area contributed by atoms with Crippen molar-refractivity contribution in [1.29, 1.82) is 0 Å². The van der Waals surface area contributed by atoms with Gasteiger partial charge in [0, 0.05) is 19.0 Å². The number of carboxylic acid groups (broad SMARTS) is 1. The number of piperidine rings is 1. The summed E-state index contributed by atoms with van der Waals surface area (Å²) in [6, 6.07) is 1.65. The summed E-state index contributed by atoms with van der Waals surface area (Å²) >= 11 is 3.21. The third-order valence-corrected chi connectivity index (χ3v) is 4.04. The highest BCUT2D eigenvalue weighted by Crippen LogP contribution is 2.26. The zero-order valence-corrected chi connectivity index (χ0v) is 12.1. The number of carboxylic acids is 1. The van der Waals surface area contributed by atoms with Gasteiger partial charge >= 0.3 is 5.97 Å². The molecule has 1 atom stereocenters. The molecular weight excluding hydrogens is 314 g/mol. The topological polar surface area (TPSA) is 70.8 Å². The minimum Gasteiger partial charge on any atom is -0.481 e. The fourth-order valence-electron chi connectivity index (χ4n) is 2.46. The number of carbonyl (C=O) groups excluding carboxylic acids is 1. The second-order valence-electron chi connectivity index (χ2n) is 4.69. The van der Waals surface area contributed by atoms with E-state index in [-0.39, 0.29) is 18.4 Å². The smallest absolute Gasteiger partial charge is 0.303 e. The molecule has 2 rings (SSSR count). The van der Waals surface area contributed by atoms with Crippen LogP contribution in [0.2, 0.25) is 0 Å². The van der Waals surface area contributed by atoms with Gasteiger partial charge in [0.2, 0.25) is 0 Å². The first-order valence-electron chi connectivity index (χ1n) is 6.35. The Labute approximate surface area is 119 Å². The first kappa shape index (κ1) is 14.1. The molecule has 5 nitrogen and oxygen atoms in total. The van der Waals surface area contributed by atoms with E-state index in [2.05, 4.69) is 15.9 Å². The van der Waals surface area contributed by atoms with Crippen LogP contribution < -0.4 is 0 Å². The summed E-state index contributed by atoms with van der Waals surface area (Å²) in [5.74, 6) is -0.904. The number of rotatable bonds is 4. The summed E-state index contributed by atoms with van der Waals surface area (Å²) in [4.78, 5) is 24.9. The monoisotopic (exact) mass is 329 g/mol. The molecule has 19 heavy (non-hydrogen) atoms. The number of carbonyl (C=O) groups is 2.